The summed E-state index contributed by atoms with van der Waals surface area (Å²) in [5.41, 5.74) is 2.04. The molecule has 1 aromatic heterocycles. The molecule has 0 N–H and O–H groups in total. The smallest absolute Gasteiger partial charge is 0.243 e. The average molecular weight is 432 g/mol. The third-order valence-electron chi connectivity index (χ3n) is 5.45. The fourth-order valence-corrected chi connectivity index (χ4v) is 5.01. The van der Waals surface area contributed by atoms with Crippen molar-refractivity contribution in [2.24, 2.45) is 0 Å². The largest absolute Gasteiger partial charge is 0.379 e. The van der Waals surface area contributed by atoms with Crippen molar-refractivity contribution in [3.63, 3.8) is 0 Å². The van der Waals surface area contributed by atoms with Crippen LogP contribution in [0.1, 0.15) is 38.3 Å². The maximum absolute atomic E-state index is 13.5. The SMILES string of the molecule is CC(C)(C)c1ccc(S(=O)(=O)N(CCCN2CCOCC2)Cc2ccncc2)cc1. The first-order chi connectivity index (χ1) is 14.3. The predicted octanol–water partition coefficient (Wildman–Crippen LogP) is 3.29. The van der Waals surface area contributed by atoms with Crippen LogP contribution in [0.5, 0.6) is 0 Å². The van der Waals surface area contributed by atoms with Crippen molar-refractivity contribution in [1.29, 1.82) is 0 Å². The fraction of sp³-hybridized carbons (Fsp3) is 0.522. The minimum absolute atomic E-state index is 0.0167. The van der Waals surface area contributed by atoms with Gasteiger partial charge in [-0.3, -0.25) is 9.88 Å². The minimum atomic E-state index is -3.59. The first-order valence-electron chi connectivity index (χ1n) is 10.6. The summed E-state index contributed by atoms with van der Waals surface area (Å²) in [6.07, 6.45) is 4.18. The van der Waals surface area contributed by atoms with Gasteiger partial charge in [0.15, 0.2) is 0 Å². The number of aromatic nitrogens is 1. The molecule has 0 unspecified atom stereocenters. The summed E-state index contributed by atoms with van der Waals surface area (Å²) in [4.78, 5) is 6.72. The van der Waals surface area contributed by atoms with E-state index in [2.05, 4.69) is 30.7 Å². The second kappa shape index (κ2) is 10.0. The normalized spacial score (nSPS) is 16.1. The molecule has 0 atom stereocenters. The predicted molar refractivity (Wildman–Crippen MR) is 119 cm³/mol. The Morgan fingerprint density at radius 3 is 2.27 bits per heavy atom. The molecule has 1 aromatic carbocycles. The van der Waals surface area contributed by atoms with Crippen molar-refractivity contribution < 1.29 is 13.2 Å². The van der Waals surface area contributed by atoms with E-state index in [0.29, 0.717) is 18.0 Å². The molecule has 2 aromatic rings. The monoisotopic (exact) mass is 431 g/mol. The number of morpholine rings is 1. The first kappa shape index (κ1) is 22.9. The summed E-state index contributed by atoms with van der Waals surface area (Å²) in [5.74, 6) is 0. The fourth-order valence-electron chi connectivity index (χ4n) is 3.55. The lowest BCUT2D eigenvalue weighted by Gasteiger charge is -2.28. The van der Waals surface area contributed by atoms with Crippen LogP contribution in [0, 0.1) is 0 Å². The maximum Gasteiger partial charge on any atom is 0.243 e. The number of rotatable bonds is 8. The van der Waals surface area contributed by atoms with Crippen LogP contribution >= 0.6 is 0 Å². The number of nitrogens with zero attached hydrogens (tertiary/aromatic N) is 3. The van der Waals surface area contributed by atoms with Gasteiger partial charge in [-0.05, 0) is 53.8 Å². The van der Waals surface area contributed by atoms with Gasteiger partial charge in [0.1, 0.15) is 0 Å². The van der Waals surface area contributed by atoms with Crippen LogP contribution in [0.3, 0.4) is 0 Å². The molecule has 6 nitrogen and oxygen atoms in total. The Labute approximate surface area is 180 Å². The Bertz CT molecular complexity index is 888. The van der Waals surface area contributed by atoms with E-state index in [1.165, 1.54) is 0 Å². The van der Waals surface area contributed by atoms with Gasteiger partial charge in [0.25, 0.3) is 0 Å². The van der Waals surface area contributed by atoms with Gasteiger partial charge in [-0.1, -0.05) is 32.9 Å². The van der Waals surface area contributed by atoms with E-state index in [4.69, 9.17) is 4.74 Å². The van der Waals surface area contributed by atoms with Crippen molar-refractivity contribution in [1.82, 2.24) is 14.2 Å². The highest BCUT2D eigenvalue weighted by atomic mass is 32.2. The molecule has 3 rings (SSSR count). The Hall–Kier alpha value is -1.80. The molecule has 1 saturated heterocycles. The van der Waals surface area contributed by atoms with Crippen molar-refractivity contribution in [2.45, 2.75) is 44.0 Å². The Morgan fingerprint density at radius 1 is 1.03 bits per heavy atom. The number of benzene rings is 1. The molecule has 1 aliphatic heterocycles. The molecule has 0 spiro atoms. The van der Waals surface area contributed by atoms with Gasteiger partial charge < -0.3 is 4.74 Å². The molecule has 0 radical (unpaired) electrons. The average Bonchev–Trinajstić information content (AvgIpc) is 2.74. The Kier molecular flexibility index (Phi) is 7.63. The standard InChI is InChI=1S/C23H33N3O3S/c1-23(2,3)21-5-7-22(8-6-21)30(27,28)26(19-20-9-11-24-12-10-20)14-4-13-25-15-17-29-18-16-25/h5-12H,4,13-19H2,1-3H3. The second-order valence-electron chi connectivity index (χ2n) is 8.78. The minimum Gasteiger partial charge on any atom is -0.379 e. The molecular formula is C23H33N3O3S. The summed E-state index contributed by atoms with van der Waals surface area (Å²) in [6, 6.07) is 11.0. The van der Waals surface area contributed by atoms with Gasteiger partial charge in [-0.15, -0.1) is 0 Å². The molecule has 0 aliphatic carbocycles. The van der Waals surface area contributed by atoms with Crippen LogP contribution in [-0.2, 0) is 26.7 Å². The van der Waals surface area contributed by atoms with Crippen LogP contribution in [-0.4, -0.2) is 62.0 Å². The van der Waals surface area contributed by atoms with Crippen LogP contribution in [0.25, 0.3) is 0 Å². The van der Waals surface area contributed by atoms with Crippen molar-refractivity contribution in [2.75, 3.05) is 39.4 Å². The van der Waals surface area contributed by atoms with E-state index >= 15 is 0 Å². The highest BCUT2D eigenvalue weighted by molar-refractivity contribution is 7.89. The van der Waals surface area contributed by atoms with Crippen molar-refractivity contribution >= 4 is 10.0 Å². The molecule has 0 saturated carbocycles. The number of ether oxygens (including phenoxy) is 1. The van der Waals surface area contributed by atoms with E-state index < -0.39 is 10.0 Å². The van der Waals surface area contributed by atoms with Gasteiger partial charge in [-0.2, -0.15) is 4.31 Å². The first-order valence-corrected chi connectivity index (χ1v) is 12.0. The van der Waals surface area contributed by atoms with E-state index in [0.717, 1.165) is 50.4 Å². The van der Waals surface area contributed by atoms with Crippen molar-refractivity contribution in [3.8, 4) is 0 Å². The van der Waals surface area contributed by atoms with Crippen LogP contribution in [0.2, 0.25) is 0 Å². The summed E-state index contributed by atoms with van der Waals surface area (Å²) in [5, 5.41) is 0. The zero-order chi connectivity index (χ0) is 21.6. The zero-order valence-corrected chi connectivity index (χ0v) is 19.1. The third kappa shape index (κ3) is 6.11. The summed E-state index contributed by atoms with van der Waals surface area (Å²) in [7, 11) is -3.59. The molecule has 2 heterocycles. The third-order valence-corrected chi connectivity index (χ3v) is 7.31. The highest BCUT2D eigenvalue weighted by Gasteiger charge is 2.25. The summed E-state index contributed by atoms with van der Waals surface area (Å²) < 4.78 is 33.9. The van der Waals surface area contributed by atoms with Crippen LogP contribution < -0.4 is 0 Å². The van der Waals surface area contributed by atoms with Crippen LogP contribution in [0.4, 0.5) is 0 Å². The number of pyridine rings is 1. The van der Waals surface area contributed by atoms with E-state index in [9.17, 15) is 8.42 Å². The molecule has 7 heteroatoms. The molecule has 30 heavy (non-hydrogen) atoms. The molecule has 0 amide bonds. The Morgan fingerprint density at radius 2 is 1.67 bits per heavy atom. The number of sulfonamides is 1. The second-order valence-corrected chi connectivity index (χ2v) is 10.7. The number of hydrogen-bond acceptors (Lipinski definition) is 5. The lowest BCUT2D eigenvalue weighted by molar-refractivity contribution is 0.0368. The van der Waals surface area contributed by atoms with Gasteiger partial charge in [0.2, 0.25) is 10.0 Å². The molecule has 1 fully saturated rings. The van der Waals surface area contributed by atoms with Gasteiger partial charge in [-0.25, -0.2) is 8.42 Å². The summed E-state index contributed by atoms with van der Waals surface area (Å²) >= 11 is 0. The van der Waals surface area contributed by atoms with Gasteiger partial charge >= 0.3 is 0 Å². The van der Waals surface area contributed by atoms with E-state index in [1.807, 2.05) is 24.3 Å². The Balaban J connectivity index is 1.76. The van der Waals surface area contributed by atoms with Crippen molar-refractivity contribution in [3.05, 3.63) is 59.9 Å². The van der Waals surface area contributed by atoms with Gasteiger partial charge in [0, 0.05) is 38.6 Å². The number of hydrogen-bond donors (Lipinski definition) is 0. The maximum atomic E-state index is 13.5. The highest BCUT2D eigenvalue weighted by Crippen LogP contribution is 2.25. The molecular weight excluding hydrogens is 398 g/mol. The van der Waals surface area contributed by atoms with Crippen LogP contribution in [0.15, 0.2) is 53.7 Å². The topological polar surface area (TPSA) is 62.7 Å². The van der Waals surface area contributed by atoms with Gasteiger partial charge in [0.05, 0.1) is 18.1 Å². The lowest BCUT2D eigenvalue weighted by Crippen LogP contribution is -2.39. The quantitative estimate of drug-likeness (QED) is 0.642. The molecule has 164 valence electrons. The molecule has 0 bridgehead atoms. The molecule has 1 aliphatic rings. The zero-order valence-electron chi connectivity index (χ0n) is 18.3. The lowest BCUT2D eigenvalue weighted by atomic mass is 9.87. The van der Waals surface area contributed by atoms with E-state index in [1.54, 1.807) is 28.8 Å². The summed E-state index contributed by atoms with van der Waals surface area (Å²) in [6.45, 7) is 11.4. The van der Waals surface area contributed by atoms with E-state index in [-0.39, 0.29) is 5.41 Å².